The van der Waals surface area contributed by atoms with Gasteiger partial charge in [0.1, 0.15) is 5.75 Å². The minimum absolute atomic E-state index is 0.0587. The molecule has 0 spiro atoms. The van der Waals surface area contributed by atoms with Crippen LogP contribution >= 0.6 is 11.6 Å². The molecule has 1 aliphatic rings. The molecule has 3 nitrogen and oxygen atoms in total. The summed E-state index contributed by atoms with van der Waals surface area (Å²) in [6.45, 7) is 4.44. The summed E-state index contributed by atoms with van der Waals surface area (Å²) in [6.07, 6.45) is 0.898. The number of fused-ring (bicyclic) bond motifs is 1. The Labute approximate surface area is 105 Å². The molecule has 0 amide bonds. The summed E-state index contributed by atoms with van der Waals surface area (Å²) >= 11 is 6.07. The number of hydrogen-bond donors (Lipinski definition) is 1. The molecule has 17 heavy (non-hydrogen) atoms. The lowest BCUT2D eigenvalue weighted by atomic mass is 9.80. The third-order valence-corrected chi connectivity index (χ3v) is 3.29. The molecule has 2 rings (SSSR count). The smallest absolute Gasteiger partial charge is 0.304 e. The Balaban J connectivity index is 2.48. The quantitative estimate of drug-likeness (QED) is 0.902. The summed E-state index contributed by atoms with van der Waals surface area (Å²) in [5.41, 5.74) is 1.48. The molecule has 1 aromatic rings. The van der Waals surface area contributed by atoms with Crippen LogP contribution in [-0.4, -0.2) is 17.7 Å². The second-order valence-corrected chi connectivity index (χ2v) is 5.43. The molecule has 0 aromatic heterocycles. The van der Waals surface area contributed by atoms with Crippen LogP contribution in [0.1, 0.15) is 31.4 Å². The summed E-state index contributed by atoms with van der Waals surface area (Å²) in [7, 11) is 0. The fourth-order valence-electron chi connectivity index (χ4n) is 2.25. The highest BCUT2D eigenvalue weighted by atomic mass is 35.5. The highest BCUT2D eigenvalue weighted by molar-refractivity contribution is 6.30. The van der Waals surface area contributed by atoms with E-state index >= 15 is 0 Å². The normalized spacial score (nSPS) is 14.3. The zero-order valence-corrected chi connectivity index (χ0v) is 10.7. The van der Waals surface area contributed by atoms with Gasteiger partial charge in [-0.3, -0.25) is 4.79 Å². The largest absolute Gasteiger partial charge is 0.493 e. The number of halogens is 1. The zero-order valence-electron chi connectivity index (χ0n) is 9.92. The molecular weight excluding hydrogens is 240 g/mol. The lowest BCUT2D eigenvalue weighted by Gasteiger charge is -2.25. The summed E-state index contributed by atoms with van der Waals surface area (Å²) in [5, 5.41) is 9.60. The van der Waals surface area contributed by atoms with Crippen molar-refractivity contribution in [2.75, 3.05) is 6.61 Å². The Kier molecular flexibility index (Phi) is 3.04. The van der Waals surface area contributed by atoms with Gasteiger partial charge in [0.2, 0.25) is 0 Å². The fraction of sp³-hybridized carbons (Fsp3) is 0.462. The highest BCUT2D eigenvalue weighted by Gasteiger charge is 2.31. The molecule has 1 heterocycles. The van der Waals surface area contributed by atoms with Gasteiger partial charge in [-0.05, 0) is 17.7 Å². The average molecular weight is 255 g/mol. The van der Waals surface area contributed by atoms with E-state index in [1.807, 2.05) is 26.0 Å². The lowest BCUT2D eigenvalue weighted by Crippen LogP contribution is -2.22. The summed E-state index contributed by atoms with van der Waals surface area (Å²) in [6, 6.07) is 3.71. The van der Waals surface area contributed by atoms with E-state index in [9.17, 15) is 4.79 Å². The number of benzene rings is 1. The molecule has 1 aromatic carbocycles. The van der Waals surface area contributed by atoms with E-state index in [2.05, 4.69) is 0 Å². The SMILES string of the molecule is CC(C)(CC(=O)O)c1cc(Cl)cc2c1OCC2. The van der Waals surface area contributed by atoms with Gasteiger partial charge in [-0.25, -0.2) is 0 Å². The number of ether oxygens (including phenoxy) is 1. The lowest BCUT2D eigenvalue weighted by molar-refractivity contribution is -0.138. The Morgan fingerprint density at radius 2 is 2.24 bits per heavy atom. The minimum Gasteiger partial charge on any atom is -0.493 e. The summed E-state index contributed by atoms with van der Waals surface area (Å²) < 4.78 is 5.60. The molecule has 0 bridgehead atoms. The third-order valence-electron chi connectivity index (χ3n) is 3.07. The van der Waals surface area contributed by atoms with Crippen molar-refractivity contribution in [1.29, 1.82) is 0 Å². The van der Waals surface area contributed by atoms with Crippen molar-refractivity contribution >= 4 is 17.6 Å². The first-order valence-corrected chi connectivity index (χ1v) is 5.95. The van der Waals surface area contributed by atoms with Gasteiger partial charge < -0.3 is 9.84 Å². The van der Waals surface area contributed by atoms with Crippen LogP contribution in [0.25, 0.3) is 0 Å². The second-order valence-electron chi connectivity index (χ2n) is 4.99. The van der Waals surface area contributed by atoms with Crippen molar-refractivity contribution < 1.29 is 14.6 Å². The minimum atomic E-state index is -0.818. The van der Waals surface area contributed by atoms with Crippen LogP contribution in [-0.2, 0) is 16.6 Å². The maximum Gasteiger partial charge on any atom is 0.304 e. The maximum atomic E-state index is 10.9. The van der Waals surface area contributed by atoms with Crippen LogP contribution in [0.5, 0.6) is 5.75 Å². The van der Waals surface area contributed by atoms with Crippen molar-refractivity contribution in [2.24, 2.45) is 0 Å². The molecule has 1 aliphatic heterocycles. The van der Waals surface area contributed by atoms with Gasteiger partial charge in [-0.2, -0.15) is 0 Å². The molecule has 4 heteroatoms. The van der Waals surface area contributed by atoms with E-state index in [0.29, 0.717) is 11.6 Å². The summed E-state index contributed by atoms with van der Waals surface area (Å²) in [5.74, 6) is 0.00220. The molecule has 0 radical (unpaired) electrons. The van der Waals surface area contributed by atoms with E-state index in [1.54, 1.807) is 0 Å². The van der Waals surface area contributed by atoms with Crippen LogP contribution in [0.15, 0.2) is 12.1 Å². The van der Waals surface area contributed by atoms with E-state index < -0.39 is 11.4 Å². The monoisotopic (exact) mass is 254 g/mol. The van der Waals surface area contributed by atoms with E-state index in [4.69, 9.17) is 21.4 Å². The summed E-state index contributed by atoms with van der Waals surface area (Å²) in [4.78, 5) is 10.9. The van der Waals surface area contributed by atoms with Crippen LogP contribution in [0.4, 0.5) is 0 Å². The first kappa shape index (κ1) is 12.2. The number of rotatable bonds is 3. The van der Waals surface area contributed by atoms with E-state index in [1.165, 1.54) is 0 Å². The topological polar surface area (TPSA) is 46.5 Å². The first-order chi connectivity index (χ1) is 7.90. The molecule has 0 aliphatic carbocycles. The number of hydrogen-bond acceptors (Lipinski definition) is 2. The average Bonchev–Trinajstić information content (AvgIpc) is 2.61. The van der Waals surface area contributed by atoms with Crippen molar-refractivity contribution in [1.82, 2.24) is 0 Å². The van der Waals surface area contributed by atoms with Gasteiger partial charge >= 0.3 is 5.97 Å². The van der Waals surface area contributed by atoms with E-state index in [0.717, 1.165) is 23.3 Å². The Bertz CT molecular complexity index is 466. The maximum absolute atomic E-state index is 10.9. The van der Waals surface area contributed by atoms with Crippen LogP contribution in [0.2, 0.25) is 5.02 Å². The van der Waals surface area contributed by atoms with Crippen molar-refractivity contribution in [3.8, 4) is 5.75 Å². The van der Waals surface area contributed by atoms with Gasteiger partial charge in [-0.15, -0.1) is 0 Å². The molecule has 0 atom stereocenters. The van der Waals surface area contributed by atoms with Crippen molar-refractivity contribution in [2.45, 2.75) is 32.1 Å². The van der Waals surface area contributed by atoms with Gasteiger partial charge in [0.25, 0.3) is 0 Å². The predicted molar refractivity (Wildman–Crippen MR) is 65.9 cm³/mol. The standard InChI is InChI=1S/C13H15ClO3/c1-13(2,7-11(15)16)10-6-9(14)5-8-3-4-17-12(8)10/h5-6H,3-4,7H2,1-2H3,(H,15,16). The Morgan fingerprint density at radius 1 is 1.53 bits per heavy atom. The van der Waals surface area contributed by atoms with Gasteiger partial charge in [0.15, 0.2) is 0 Å². The molecule has 0 saturated carbocycles. The fourth-order valence-corrected chi connectivity index (χ4v) is 2.49. The molecule has 1 N–H and O–H groups in total. The Hall–Kier alpha value is -1.22. The molecule has 0 fully saturated rings. The van der Waals surface area contributed by atoms with Crippen LogP contribution < -0.4 is 4.74 Å². The number of carboxylic acid groups (broad SMARTS) is 1. The third kappa shape index (κ3) is 2.39. The highest BCUT2D eigenvalue weighted by Crippen LogP contribution is 2.41. The molecule has 92 valence electrons. The zero-order chi connectivity index (χ0) is 12.6. The van der Waals surface area contributed by atoms with Crippen LogP contribution in [0.3, 0.4) is 0 Å². The van der Waals surface area contributed by atoms with Gasteiger partial charge in [-0.1, -0.05) is 25.4 Å². The van der Waals surface area contributed by atoms with Crippen LogP contribution in [0, 0.1) is 0 Å². The number of aliphatic carboxylic acids is 1. The predicted octanol–water partition coefficient (Wildman–Crippen LogP) is 3.03. The second kappa shape index (κ2) is 4.22. The molecular formula is C13H15ClO3. The van der Waals surface area contributed by atoms with E-state index in [-0.39, 0.29) is 6.42 Å². The number of carbonyl (C=O) groups is 1. The van der Waals surface area contributed by atoms with Crippen molar-refractivity contribution in [3.63, 3.8) is 0 Å². The van der Waals surface area contributed by atoms with Gasteiger partial charge in [0.05, 0.1) is 13.0 Å². The van der Waals surface area contributed by atoms with Crippen molar-refractivity contribution in [3.05, 3.63) is 28.3 Å². The first-order valence-electron chi connectivity index (χ1n) is 5.57. The molecule has 0 unspecified atom stereocenters. The number of carboxylic acids is 1. The Morgan fingerprint density at radius 3 is 2.88 bits per heavy atom. The molecule has 0 saturated heterocycles. The van der Waals surface area contributed by atoms with Gasteiger partial charge in [0, 0.05) is 22.4 Å².